The van der Waals surface area contributed by atoms with Crippen LogP contribution in [0.15, 0.2) is 35.8 Å². The molecule has 1 aliphatic carbocycles. The van der Waals surface area contributed by atoms with Gasteiger partial charge in [-0.3, -0.25) is 4.98 Å². The van der Waals surface area contributed by atoms with Gasteiger partial charge in [0.05, 0.1) is 12.2 Å². The van der Waals surface area contributed by atoms with E-state index in [1.165, 1.54) is 41.8 Å². The summed E-state index contributed by atoms with van der Waals surface area (Å²) in [6.07, 6.45) is 10.3. The van der Waals surface area contributed by atoms with Crippen molar-refractivity contribution in [3.05, 3.63) is 52.0 Å². The second kappa shape index (κ2) is 10.4. The lowest BCUT2D eigenvalue weighted by molar-refractivity contribution is -0.104. The Balaban J connectivity index is 0.00000240. The highest BCUT2D eigenvalue weighted by Crippen LogP contribution is 2.49. The molecule has 29 heavy (non-hydrogen) atoms. The molecule has 0 amide bonds. The molecular weight excluding hydrogens is 404 g/mol. The Morgan fingerprint density at radius 1 is 1.21 bits per heavy atom. The fourth-order valence-electron chi connectivity index (χ4n) is 5.13. The van der Waals surface area contributed by atoms with Gasteiger partial charge in [0.1, 0.15) is 0 Å². The zero-order valence-electron chi connectivity index (χ0n) is 17.3. The fourth-order valence-corrected chi connectivity index (χ4v) is 5.99. The van der Waals surface area contributed by atoms with Gasteiger partial charge in [-0.15, -0.1) is 23.7 Å². The molecule has 1 saturated carbocycles. The third-order valence-corrected chi connectivity index (χ3v) is 7.54. The third-order valence-electron chi connectivity index (χ3n) is 6.58. The van der Waals surface area contributed by atoms with Crippen LogP contribution < -0.4 is 5.32 Å². The Kier molecular flexibility index (Phi) is 8.11. The lowest BCUT2D eigenvalue weighted by atomic mass is 9.68. The van der Waals surface area contributed by atoms with E-state index in [1.54, 1.807) is 7.11 Å². The molecule has 4 nitrogen and oxygen atoms in total. The molecule has 4 rings (SSSR count). The molecule has 160 valence electrons. The van der Waals surface area contributed by atoms with Gasteiger partial charge in [0, 0.05) is 42.4 Å². The highest BCUT2D eigenvalue weighted by molar-refractivity contribution is 7.10. The van der Waals surface area contributed by atoms with Gasteiger partial charge in [-0.1, -0.05) is 18.9 Å². The highest BCUT2D eigenvalue weighted by atomic mass is 35.5. The van der Waals surface area contributed by atoms with E-state index >= 15 is 0 Å². The average Bonchev–Trinajstić information content (AvgIpc) is 3.36. The van der Waals surface area contributed by atoms with Crippen molar-refractivity contribution in [2.24, 2.45) is 0 Å². The molecule has 2 aromatic rings. The first kappa shape index (κ1) is 22.7. The van der Waals surface area contributed by atoms with Crippen molar-refractivity contribution in [1.82, 2.24) is 10.3 Å². The molecule has 3 heterocycles. The largest absolute Gasteiger partial charge is 0.380 e. The van der Waals surface area contributed by atoms with Crippen LogP contribution in [0, 0.1) is 0 Å². The van der Waals surface area contributed by atoms with Crippen LogP contribution in [0.2, 0.25) is 0 Å². The zero-order valence-corrected chi connectivity index (χ0v) is 19.0. The molecule has 0 bridgehead atoms. The van der Waals surface area contributed by atoms with Gasteiger partial charge >= 0.3 is 0 Å². The summed E-state index contributed by atoms with van der Waals surface area (Å²) in [6.45, 7) is 3.46. The van der Waals surface area contributed by atoms with Crippen molar-refractivity contribution < 1.29 is 9.47 Å². The van der Waals surface area contributed by atoms with Crippen LogP contribution in [0.5, 0.6) is 0 Å². The third kappa shape index (κ3) is 5.20. The number of hydrogen-bond acceptors (Lipinski definition) is 5. The van der Waals surface area contributed by atoms with E-state index in [2.05, 4.69) is 28.9 Å². The maximum atomic E-state index is 6.35. The van der Waals surface area contributed by atoms with Crippen LogP contribution in [0.4, 0.5) is 0 Å². The van der Waals surface area contributed by atoms with Crippen molar-refractivity contribution in [2.45, 2.75) is 69.1 Å². The van der Waals surface area contributed by atoms with Crippen molar-refractivity contribution in [1.29, 1.82) is 0 Å². The summed E-state index contributed by atoms with van der Waals surface area (Å²) >= 11 is 1.81. The topological polar surface area (TPSA) is 43.4 Å². The summed E-state index contributed by atoms with van der Waals surface area (Å²) in [5.74, 6) is 0. The van der Waals surface area contributed by atoms with E-state index in [-0.39, 0.29) is 23.4 Å². The van der Waals surface area contributed by atoms with Crippen LogP contribution in [-0.2, 0) is 28.0 Å². The highest BCUT2D eigenvalue weighted by Gasteiger charge is 2.48. The summed E-state index contributed by atoms with van der Waals surface area (Å²) in [5.41, 5.74) is 2.77. The van der Waals surface area contributed by atoms with Crippen LogP contribution in [0.3, 0.4) is 0 Å². The van der Waals surface area contributed by atoms with Crippen molar-refractivity contribution in [2.75, 3.05) is 20.3 Å². The summed E-state index contributed by atoms with van der Waals surface area (Å²) in [7, 11) is 1.76. The number of halogens is 1. The van der Waals surface area contributed by atoms with Gasteiger partial charge in [0.15, 0.2) is 0 Å². The van der Waals surface area contributed by atoms with E-state index in [0.29, 0.717) is 6.61 Å². The standard InChI is InChI=1S/C23H32N2O2S.ClH/c1-26-17-19-7-15-28-20(19)16-24-13-10-22(21-6-2-5-12-25-21)11-14-27-23(18-22)8-3-4-9-23;/h2,5-7,12,15,24H,3-4,8-11,13-14,16-18H2,1H3;1H. The number of ether oxygens (including phenoxy) is 2. The van der Waals surface area contributed by atoms with Crippen LogP contribution in [0.25, 0.3) is 0 Å². The molecular formula is C23H33ClN2O2S. The van der Waals surface area contributed by atoms with Gasteiger partial charge in [-0.05, 0) is 67.8 Å². The van der Waals surface area contributed by atoms with E-state index in [0.717, 1.165) is 39.0 Å². The summed E-state index contributed by atoms with van der Waals surface area (Å²) in [5, 5.41) is 5.85. The molecule has 1 atom stereocenters. The number of aromatic nitrogens is 1. The monoisotopic (exact) mass is 436 g/mol. The minimum atomic E-state index is 0. The number of methoxy groups -OCH3 is 1. The number of nitrogens with one attached hydrogen (secondary N) is 1. The molecule has 2 aliphatic rings. The minimum absolute atomic E-state index is 0. The normalized spacial score (nSPS) is 23.2. The second-order valence-electron chi connectivity index (χ2n) is 8.39. The molecule has 1 unspecified atom stereocenters. The quantitative estimate of drug-likeness (QED) is 0.573. The predicted molar refractivity (Wildman–Crippen MR) is 121 cm³/mol. The van der Waals surface area contributed by atoms with Crippen molar-refractivity contribution >= 4 is 23.7 Å². The van der Waals surface area contributed by atoms with E-state index < -0.39 is 0 Å². The Morgan fingerprint density at radius 2 is 2.07 bits per heavy atom. The number of rotatable bonds is 8. The Labute approximate surface area is 184 Å². The molecule has 1 aliphatic heterocycles. The second-order valence-corrected chi connectivity index (χ2v) is 9.39. The smallest absolute Gasteiger partial charge is 0.0724 e. The van der Waals surface area contributed by atoms with Crippen LogP contribution >= 0.6 is 23.7 Å². The SMILES string of the molecule is COCc1ccsc1CNCCC1(c2ccccn2)CCOC2(CCCC2)C1.Cl. The van der Waals surface area contributed by atoms with Crippen LogP contribution in [-0.4, -0.2) is 30.8 Å². The fraction of sp³-hybridized carbons (Fsp3) is 0.609. The molecule has 0 aromatic carbocycles. The lowest BCUT2D eigenvalue weighted by Gasteiger charge is -2.46. The molecule has 1 saturated heterocycles. The average molecular weight is 437 g/mol. The maximum Gasteiger partial charge on any atom is 0.0724 e. The number of pyridine rings is 1. The Hall–Kier alpha value is -0.980. The first-order chi connectivity index (χ1) is 13.8. The zero-order chi connectivity index (χ0) is 19.3. The molecule has 1 spiro atoms. The maximum absolute atomic E-state index is 6.35. The first-order valence-electron chi connectivity index (χ1n) is 10.6. The lowest BCUT2D eigenvalue weighted by Crippen LogP contribution is -2.47. The van der Waals surface area contributed by atoms with Gasteiger partial charge in [0.25, 0.3) is 0 Å². The van der Waals surface area contributed by atoms with Gasteiger partial charge in [-0.25, -0.2) is 0 Å². The summed E-state index contributed by atoms with van der Waals surface area (Å²) < 4.78 is 11.7. The number of thiophene rings is 1. The van der Waals surface area contributed by atoms with Crippen molar-refractivity contribution in [3.8, 4) is 0 Å². The minimum Gasteiger partial charge on any atom is -0.380 e. The van der Waals surface area contributed by atoms with E-state index in [9.17, 15) is 0 Å². The number of hydrogen-bond donors (Lipinski definition) is 1. The van der Waals surface area contributed by atoms with E-state index in [4.69, 9.17) is 14.5 Å². The molecule has 6 heteroatoms. The molecule has 2 fully saturated rings. The number of nitrogens with zero attached hydrogens (tertiary/aromatic N) is 1. The van der Waals surface area contributed by atoms with Gasteiger partial charge in [-0.2, -0.15) is 0 Å². The Bertz CT molecular complexity index is 748. The van der Waals surface area contributed by atoms with Crippen LogP contribution in [0.1, 0.15) is 61.1 Å². The summed E-state index contributed by atoms with van der Waals surface area (Å²) in [4.78, 5) is 6.18. The predicted octanol–water partition coefficient (Wildman–Crippen LogP) is 5.25. The first-order valence-corrected chi connectivity index (χ1v) is 11.4. The molecule has 1 N–H and O–H groups in total. The van der Waals surface area contributed by atoms with Gasteiger partial charge in [0.2, 0.25) is 0 Å². The van der Waals surface area contributed by atoms with Crippen molar-refractivity contribution in [3.63, 3.8) is 0 Å². The molecule has 2 aromatic heterocycles. The van der Waals surface area contributed by atoms with Gasteiger partial charge < -0.3 is 14.8 Å². The molecule has 0 radical (unpaired) electrons. The van der Waals surface area contributed by atoms with E-state index in [1.807, 2.05) is 23.6 Å². The summed E-state index contributed by atoms with van der Waals surface area (Å²) in [6, 6.07) is 8.55. The Morgan fingerprint density at radius 3 is 2.83 bits per heavy atom.